The van der Waals surface area contributed by atoms with Crippen molar-refractivity contribution in [3.63, 3.8) is 0 Å². The molecule has 0 saturated heterocycles. The molecule has 3 nitrogen and oxygen atoms in total. The zero-order chi connectivity index (χ0) is 17.0. The SMILES string of the molecule is CC(CC(O)c1ccccc1)NC(=O)c1cc(F)c(F)cc1Cl. The summed E-state index contributed by atoms with van der Waals surface area (Å²) in [6.45, 7) is 1.71. The van der Waals surface area contributed by atoms with Gasteiger partial charge in [-0.1, -0.05) is 41.9 Å². The molecule has 0 aliphatic heterocycles. The van der Waals surface area contributed by atoms with E-state index in [9.17, 15) is 18.7 Å². The van der Waals surface area contributed by atoms with Crippen LogP contribution in [0.1, 0.15) is 35.4 Å². The Bertz CT molecular complexity index is 694. The van der Waals surface area contributed by atoms with Crippen molar-refractivity contribution in [2.24, 2.45) is 0 Å². The summed E-state index contributed by atoms with van der Waals surface area (Å²) in [5, 5.41) is 12.6. The number of halogens is 3. The van der Waals surface area contributed by atoms with Gasteiger partial charge in [-0.3, -0.25) is 4.79 Å². The molecule has 2 N–H and O–H groups in total. The molecule has 23 heavy (non-hydrogen) atoms. The molecule has 1 amide bonds. The third kappa shape index (κ3) is 4.50. The van der Waals surface area contributed by atoms with Crippen LogP contribution in [0.4, 0.5) is 8.78 Å². The number of carbonyl (C=O) groups is 1. The molecule has 0 bridgehead atoms. The first kappa shape index (κ1) is 17.4. The molecule has 0 heterocycles. The van der Waals surface area contributed by atoms with Crippen LogP contribution in [0, 0.1) is 11.6 Å². The van der Waals surface area contributed by atoms with Gasteiger partial charge >= 0.3 is 0 Å². The Labute approximate surface area is 137 Å². The van der Waals surface area contributed by atoms with Crippen LogP contribution >= 0.6 is 11.6 Å². The minimum Gasteiger partial charge on any atom is -0.388 e. The highest BCUT2D eigenvalue weighted by Crippen LogP contribution is 2.21. The summed E-state index contributed by atoms with van der Waals surface area (Å²) >= 11 is 5.76. The van der Waals surface area contributed by atoms with E-state index in [0.717, 1.165) is 17.7 Å². The lowest BCUT2D eigenvalue weighted by Crippen LogP contribution is -2.34. The second kappa shape index (κ2) is 7.53. The van der Waals surface area contributed by atoms with Gasteiger partial charge in [-0.25, -0.2) is 8.78 Å². The van der Waals surface area contributed by atoms with Crippen molar-refractivity contribution in [3.05, 3.63) is 70.2 Å². The molecule has 2 aromatic rings. The number of benzene rings is 2. The number of carbonyl (C=O) groups excluding carboxylic acids is 1. The number of nitrogens with one attached hydrogen (secondary N) is 1. The lowest BCUT2D eigenvalue weighted by molar-refractivity contribution is 0.0916. The quantitative estimate of drug-likeness (QED) is 0.813. The lowest BCUT2D eigenvalue weighted by Gasteiger charge is -2.18. The fraction of sp³-hybridized carbons (Fsp3) is 0.235. The Morgan fingerprint density at radius 3 is 2.48 bits per heavy atom. The largest absolute Gasteiger partial charge is 0.388 e. The highest BCUT2D eigenvalue weighted by atomic mass is 35.5. The second-order valence-electron chi connectivity index (χ2n) is 5.28. The summed E-state index contributed by atoms with van der Waals surface area (Å²) < 4.78 is 26.3. The van der Waals surface area contributed by atoms with Crippen molar-refractivity contribution >= 4 is 17.5 Å². The van der Waals surface area contributed by atoms with Gasteiger partial charge in [0.25, 0.3) is 5.91 Å². The molecule has 122 valence electrons. The van der Waals surface area contributed by atoms with Gasteiger partial charge < -0.3 is 10.4 Å². The van der Waals surface area contributed by atoms with Crippen molar-refractivity contribution < 1.29 is 18.7 Å². The highest BCUT2D eigenvalue weighted by molar-refractivity contribution is 6.33. The van der Waals surface area contributed by atoms with Crippen molar-refractivity contribution in [2.45, 2.75) is 25.5 Å². The summed E-state index contributed by atoms with van der Waals surface area (Å²) in [7, 11) is 0. The third-order valence-corrected chi connectivity index (χ3v) is 3.71. The summed E-state index contributed by atoms with van der Waals surface area (Å²) in [6, 6.07) is 10.2. The number of aliphatic hydroxyl groups excluding tert-OH is 1. The normalized spacial score (nSPS) is 13.4. The monoisotopic (exact) mass is 339 g/mol. The predicted octanol–water partition coefficient (Wildman–Crippen LogP) is 3.86. The van der Waals surface area contributed by atoms with Gasteiger partial charge in [0.1, 0.15) is 0 Å². The van der Waals surface area contributed by atoms with Crippen LogP contribution in [0.3, 0.4) is 0 Å². The zero-order valence-electron chi connectivity index (χ0n) is 12.4. The fourth-order valence-corrected chi connectivity index (χ4v) is 2.44. The van der Waals surface area contributed by atoms with Crippen LogP contribution in [0.5, 0.6) is 0 Å². The van der Waals surface area contributed by atoms with Gasteiger partial charge in [0.2, 0.25) is 0 Å². The first-order valence-corrected chi connectivity index (χ1v) is 7.44. The molecule has 0 spiro atoms. The van der Waals surface area contributed by atoms with Gasteiger partial charge in [-0.2, -0.15) is 0 Å². The fourth-order valence-electron chi connectivity index (χ4n) is 2.20. The number of aliphatic hydroxyl groups is 1. The van der Waals surface area contributed by atoms with Gasteiger partial charge in [0.15, 0.2) is 11.6 Å². The van der Waals surface area contributed by atoms with E-state index in [0.29, 0.717) is 0 Å². The van der Waals surface area contributed by atoms with Gasteiger partial charge in [-0.15, -0.1) is 0 Å². The summed E-state index contributed by atoms with van der Waals surface area (Å²) in [5.74, 6) is -2.88. The van der Waals surface area contributed by atoms with Crippen LogP contribution in [0.15, 0.2) is 42.5 Å². The maximum Gasteiger partial charge on any atom is 0.253 e. The molecule has 6 heteroatoms. The van der Waals surface area contributed by atoms with E-state index in [1.54, 1.807) is 19.1 Å². The van der Waals surface area contributed by atoms with E-state index >= 15 is 0 Å². The van der Waals surface area contributed by atoms with Crippen molar-refractivity contribution in [1.82, 2.24) is 5.32 Å². The summed E-state index contributed by atoms with van der Waals surface area (Å²) in [4.78, 5) is 12.1. The molecule has 0 fully saturated rings. The molecular weight excluding hydrogens is 324 g/mol. The Morgan fingerprint density at radius 2 is 1.83 bits per heavy atom. The van der Waals surface area contributed by atoms with Crippen LogP contribution in [0.25, 0.3) is 0 Å². The topological polar surface area (TPSA) is 49.3 Å². The minimum absolute atomic E-state index is 0.147. The van der Waals surface area contributed by atoms with E-state index in [-0.39, 0.29) is 23.0 Å². The first-order valence-electron chi connectivity index (χ1n) is 7.07. The van der Waals surface area contributed by atoms with E-state index in [2.05, 4.69) is 5.32 Å². The number of rotatable bonds is 5. The maximum absolute atomic E-state index is 13.2. The predicted molar refractivity (Wildman–Crippen MR) is 84.3 cm³/mol. The lowest BCUT2D eigenvalue weighted by atomic mass is 10.0. The first-order chi connectivity index (χ1) is 10.9. The van der Waals surface area contributed by atoms with E-state index in [4.69, 9.17) is 11.6 Å². The third-order valence-electron chi connectivity index (χ3n) is 3.39. The van der Waals surface area contributed by atoms with Crippen LogP contribution in [-0.4, -0.2) is 17.1 Å². The number of amides is 1. The van der Waals surface area contributed by atoms with E-state index in [1.165, 1.54) is 0 Å². The Balaban J connectivity index is 2.01. The molecule has 0 aromatic heterocycles. The number of hydrogen-bond donors (Lipinski definition) is 2. The Hall–Kier alpha value is -1.98. The van der Waals surface area contributed by atoms with Crippen LogP contribution < -0.4 is 5.32 Å². The molecule has 0 radical (unpaired) electrons. The van der Waals surface area contributed by atoms with Crippen LogP contribution in [-0.2, 0) is 0 Å². The maximum atomic E-state index is 13.2. The van der Waals surface area contributed by atoms with Crippen molar-refractivity contribution in [2.75, 3.05) is 0 Å². The van der Waals surface area contributed by atoms with Crippen molar-refractivity contribution in [1.29, 1.82) is 0 Å². The molecule has 2 unspecified atom stereocenters. The molecule has 0 saturated carbocycles. The second-order valence-corrected chi connectivity index (χ2v) is 5.69. The zero-order valence-corrected chi connectivity index (χ0v) is 13.1. The van der Waals surface area contributed by atoms with Gasteiger partial charge in [-0.05, 0) is 31.0 Å². The molecule has 2 atom stereocenters. The smallest absolute Gasteiger partial charge is 0.253 e. The summed E-state index contributed by atoms with van der Waals surface area (Å²) in [5.41, 5.74) is 0.589. The van der Waals surface area contributed by atoms with Crippen LogP contribution in [0.2, 0.25) is 5.02 Å². The highest BCUT2D eigenvalue weighted by Gasteiger charge is 2.18. The average molecular weight is 340 g/mol. The molecule has 0 aliphatic carbocycles. The van der Waals surface area contributed by atoms with Crippen molar-refractivity contribution in [3.8, 4) is 0 Å². The minimum atomic E-state index is -1.14. The average Bonchev–Trinajstić information content (AvgIpc) is 2.51. The Kier molecular flexibility index (Phi) is 5.69. The van der Waals surface area contributed by atoms with E-state index in [1.807, 2.05) is 18.2 Å². The number of hydrogen-bond acceptors (Lipinski definition) is 2. The van der Waals surface area contributed by atoms with Gasteiger partial charge in [0.05, 0.1) is 16.7 Å². The van der Waals surface area contributed by atoms with Gasteiger partial charge in [0, 0.05) is 6.04 Å². The molecule has 0 aliphatic rings. The Morgan fingerprint density at radius 1 is 1.22 bits per heavy atom. The van der Waals surface area contributed by atoms with E-state index < -0.39 is 23.6 Å². The molecule has 2 rings (SSSR count). The molecule has 2 aromatic carbocycles. The summed E-state index contributed by atoms with van der Waals surface area (Å²) in [6.07, 6.45) is -0.469. The standard InChI is InChI=1S/C17H16ClF2NO2/c1-10(7-16(22)11-5-3-2-4-6-11)21-17(23)12-8-14(19)15(20)9-13(12)18/h2-6,8-10,16,22H,7H2,1H3,(H,21,23). The molecular formula is C17H16ClF2NO2.